The molecule has 150 valence electrons. The van der Waals surface area contributed by atoms with E-state index in [1.807, 2.05) is 55.5 Å². The minimum absolute atomic E-state index is 0.0306. The molecule has 0 fully saturated rings. The first-order valence-electron chi connectivity index (χ1n) is 9.32. The van der Waals surface area contributed by atoms with Crippen molar-refractivity contribution in [3.63, 3.8) is 0 Å². The molecule has 2 N–H and O–H groups in total. The molecule has 0 saturated carbocycles. The number of benzene rings is 3. The largest absolute Gasteiger partial charge is 0.366 e. The highest BCUT2D eigenvalue weighted by molar-refractivity contribution is 8.09. The zero-order valence-corrected chi connectivity index (χ0v) is 17.0. The van der Waals surface area contributed by atoms with Crippen LogP contribution in [0.25, 0.3) is 4.91 Å². The van der Waals surface area contributed by atoms with E-state index < -0.39 is 10.8 Å². The Morgan fingerprint density at radius 3 is 2.43 bits per heavy atom. The van der Waals surface area contributed by atoms with Gasteiger partial charge in [0.05, 0.1) is 4.92 Å². The highest BCUT2D eigenvalue weighted by atomic mass is 32.2. The summed E-state index contributed by atoms with van der Waals surface area (Å²) in [4.78, 5) is 25.9. The standard InChI is InChI=1S/C23H19N3O3S/c1-15-21(19-12-5-6-13-20(19)22(24)27)30-23(16-8-3-2-4-9-16)25(15)17-10-7-11-18(14-17)26(28)29/h2-14,23H,1H3,(H2,24,27). The Morgan fingerprint density at radius 1 is 1.03 bits per heavy atom. The molecule has 1 atom stereocenters. The van der Waals surface area contributed by atoms with E-state index in [1.165, 1.54) is 6.07 Å². The average Bonchev–Trinajstić information content (AvgIpc) is 3.11. The lowest BCUT2D eigenvalue weighted by Crippen LogP contribution is -2.21. The maximum absolute atomic E-state index is 12.0. The second-order valence-corrected chi connectivity index (χ2v) is 7.94. The van der Waals surface area contributed by atoms with Crippen LogP contribution < -0.4 is 10.6 Å². The van der Waals surface area contributed by atoms with Crippen molar-refractivity contribution in [3.05, 3.63) is 111 Å². The maximum Gasteiger partial charge on any atom is 0.271 e. The summed E-state index contributed by atoms with van der Waals surface area (Å²) in [5.74, 6) is -0.489. The molecule has 3 aromatic carbocycles. The molecule has 6 nitrogen and oxygen atoms in total. The molecule has 0 bridgehead atoms. The monoisotopic (exact) mass is 417 g/mol. The second kappa shape index (κ2) is 8.04. The molecule has 30 heavy (non-hydrogen) atoms. The number of anilines is 1. The molecule has 0 spiro atoms. The first-order chi connectivity index (χ1) is 14.5. The number of hydrogen-bond acceptors (Lipinski definition) is 5. The molecule has 0 radical (unpaired) electrons. The van der Waals surface area contributed by atoms with Crippen LogP contribution in [-0.4, -0.2) is 10.8 Å². The summed E-state index contributed by atoms with van der Waals surface area (Å²) in [6.07, 6.45) is 0. The quantitative estimate of drug-likeness (QED) is 0.447. The number of rotatable bonds is 5. The van der Waals surface area contributed by atoms with Crippen LogP contribution in [0.4, 0.5) is 11.4 Å². The van der Waals surface area contributed by atoms with Gasteiger partial charge >= 0.3 is 0 Å². The molecule has 1 unspecified atom stereocenters. The Labute approximate surface area is 178 Å². The van der Waals surface area contributed by atoms with Gasteiger partial charge in [0.15, 0.2) is 0 Å². The van der Waals surface area contributed by atoms with Gasteiger partial charge in [-0.25, -0.2) is 0 Å². The fourth-order valence-corrected chi connectivity index (χ4v) is 5.09. The first-order valence-corrected chi connectivity index (χ1v) is 10.2. The van der Waals surface area contributed by atoms with Crippen LogP contribution in [-0.2, 0) is 0 Å². The number of nitro groups is 1. The summed E-state index contributed by atoms with van der Waals surface area (Å²) in [5.41, 5.74) is 9.54. The van der Waals surface area contributed by atoms with Gasteiger partial charge in [-0.1, -0.05) is 66.4 Å². The van der Waals surface area contributed by atoms with Crippen LogP contribution in [0, 0.1) is 10.1 Å². The minimum atomic E-state index is -0.489. The molecule has 4 rings (SSSR count). The molecular formula is C23H19N3O3S. The fourth-order valence-electron chi connectivity index (χ4n) is 3.61. The van der Waals surface area contributed by atoms with E-state index in [0.717, 1.165) is 27.4 Å². The van der Waals surface area contributed by atoms with Gasteiger partial charge in [-0.3, -0.25) is 14.9 Å². The van der Waals surface area contributed by atoms with Crippen LogP contribution in [0.2, 0.25) is 0 Å². The average molecular weight is 417 g/mol. The number of carbonyl (C=O) groups excluding carboxylic acids is 1. The van der Waals surface area contributed by atoms with Gasteiger partial charge in [0.1, 0.15) is 5.37 Å². The van der Waals surface area contributed by atoms with Crippen LogP contribution in [0.1, 0.15) is 33.8 Å². The lowest BCUT2D eigenvalue weighted by atomic mass is 10.0. The number of hydrogen-bond donors (Lipinski definition) is 1. The van der Waals surface area contributed by atoms with Crippen molar-refractivity contribution in [1.82, 2.24) is 0 Å². The third kappa shape index (κ3) is 3.55. The predicted molar refractivity (Wildman–Crippen MR) is 120 cm³/mol. The third-order valence-electron chi connectivity index (χ3n) is 4.99. The lowest BCUT2D eigenvalue weighted by molar-refractivity contribution is -0.384. The van der Waals surface area contributed by atoms with Crippen molar-refractivity contribution >= 4 is 33.9 Å². The number of non-ortho nitro benzene ring substituents is 1. The van der Waals surface area contributed by atoms with Crippen molar-refractivity contribution in [3.8, 4) is 0 Å². The Bertz CT molecular complexity index is 1160. The van der Waals surface area contributed by atoms with Gasteiger partial charge in [0.2, 0.25) is 5.91 Å². The summed E-state index contributed by atoms with van der Waals surface area (Å²) in [6.45, 7) is 1.96. The Balaban J connectivity index is 1.88. The van der Waals surface area contributed by atoms with E-state index >= 15 is 0 Å². The third-order valence-corrected chi connectivity index (χ3v) is 6.45. The lowest BCUT2D eigenvalue weighted by Gasteiger charge is -2.28. The Morgan fingerprint density at radius 2 is 1.73 bits per heavy atom. The Kier molecular flexibility index (Phi) is 5.29. The molecule has 0 aliphatic carbocycles. The summed E-state index contributed by atoms with van der Waals surface area (Å²) in [7, 11) is 0. The molecular weight excluding hydrogens is 398 g/mol. The van der Waals surface area contributed by atoms with Gasteiger partial charge in [0, 0.05) is 39.5 Å². The van der Waals surface area contributed by atoms with E-state index in [1.54, 1.807) is 36.0 Å². The van der Waals surface area contributed by atoms with Crippen molar-refractivity contribution in [2.75, 3.05) is 4.90 Å². The SMILES string of the molecule is CC1=C(c2ccccc2C(N)=O)SC(c2ccccc2)N1c1cccc([N+](=O)[O-])c1. The summed E-state index contributed by atoms with van der Waals surface area (Å²) in [6, 6.07) is 23.8. The highest BCUT2D eigenvalue weighted by Gasteiger charge is 2.34. The molecule has 0 saturated heterocycles. The number of amides is 1. The molecule has 1 aliphatic heterocycles. The molecule has 0 aromatic heterocycles. The van der Waals surface area contributed by atoms with Gasteiger partial charge in [-0.05, 0) is 24.6 Å². The number of allylic oxidation sites excluding steroid dienone is 1. The van der Waals surface area contributed by atoms with E-state index in [-0.39, 0.29) is 11.1 Å². The molecule has 1 heterocycles. The van der Waals surface area contributed by atoms with Crippen molar-refractivity contribution in [1.29, 1.82) is 0 Å². The molecule has 1 aliphatic rings. The maximum atomic E-state index is 12.0. The van der Waals surface area contributed by atoms with E-state index in [9.17, 15) is 14.9 Å². The van der Waals surface area contributed by atoms with Gasteiger partial charge in [0.25, 0.3) is 5.69 Å². The molecule has 1 amide bonds. The number of primary amides is 1. The van der Waals surface area contributed by atoms with Crippen molar-refractivity contribution < 1.29 is 9.72 Å². The number of thioether (sulfide) groups is 1. The topological polar surface area (TPSA) is 89.5 Å². The number of nitrogens with zero attached hydrogens (tertiary/aromatic N) is 2. The summed E-state index contributed by atoms with van der Waals surface area (Å²) >= 11 is 1.60. The van der Waals surface area contributed by atoms with Crippen LogP contribution in [0.3, 0.4) is 0 Å². The fraction of sp³-hybridized carbons (Fsp3) is 0.0870. The number of nitrogens with two attached hydrogens (primary N) is 1. The zero-order valence-electron chi connectivity index (χ0n) is 16.2. The predicted octanol–water partition coefficient (Wildman–Crippen LogP) is 5.33. The number of nitro benzene ring substituents is 1. The molecule has 7 heteroatoms. The van der Waals surface area contributed by atoms with Crippen LogP contribution in [0.5, 0.6) is 0 Å². The van der Waals surface area contributed by atoms with Gasteiger partial charge < -0.3 is 10.6 Å². The Hall–Kier alpha value is -3.58. The number of carbonyl (C=O) groups is 1. The summed E-state index contributed by atoms with van der Waals surface area (Å²) in [5, 5.41) is 11.2. The van der Waals surface area contributed by atoms with E-state index in [2.05, 4.69) is 4.90 Å². The first kappa shape index (κ1) is 19.7. The highest BCUT2D eigenvalue weighted by Crippen LogP contribution is 2.54. The summed E-state index contributed by atoms with van der Waals surface area (Å²) < 4.78 is 0. The van der Waals surface area contributed by atoms with Crippen LogP contribution in [0.15, 0.2) is 84.6 Å². The smallest absolute Gasteiger partial charge is 0.271 e. The van der Waals surface area contributed by atoms with E-state index in [4.69, 9.17) is 5.73 Å². The normalized spacial score (nSPS) is 16.0. The second-order valence-electron chi connectivity index (χ2n) is 6.85. The van der Waals surface area contributed by atoms with Crippen LogP contribution >= 0.6 is 11.8 Å². The van der Waals surface area contributed by atoms with Gasteiger partial charge in [-0.15, -0.1) is 0 Å². The van der Waals surface area contributed by atoms with Gasteiger partial charge in [-0.2, -0.15) is 0 Å². The van der Waals surface area contributed by atoms with E-state index in [0.29, 0.717) is 5.56 Å². The minimum Gasteiger partial charge on any atom is -0.366 e. The molecule has 3 aromatic rings. The van der Waals surface area contributed by atoms with Crippen molar-refractivity contribution in [2.45, 2.75) is 12.3 Å². The zero-order chi connectivity index (χ0) is 21.3. The van der Waals surface area contributed by atoms with Crippen molar-refractivity contribution in [2.24, 2.45) is 5.73 Å².